The third-order valence-electron chi connectivity index (χ3n) is 2.98. The van der Waals surface area contributed by atoms with Crippen molar-refractivity contribution in [1.82, 2.24) is 15.3 Å². The fraction of sp³-hybridized carbons (Fsp3) is 0.267. The predicted octanol–water partition coefficient (Wildman–Crippen LogP) is 2.83. The lowest BCUT2D eigenvalue weighted by atomic mass is 10.1. The third kappa shape index (κ3) is 4.35. The molecule has 0 aliphatic heterocycles. The van der Waals surface area contributed by atoms with Crippen molar-refractivity contribution in [3.8, 4) is 5.75 Å². The number of hydrogen-bond acceptors (Lipinski definition) is 5. The number of carbonyl (C=O) groups excluding carboxylic acids is 1. The maximum absolute atomic E-state index is 12.1. The Hall–Kier alpha value is -1.79. The number of hydrogen-bond donors (Lipinski definition) is 1. The van der Waals surface area contributed by atoms with Crippen LogP contribution in [0.2, 0.25) is 5.02 Å². The standard InChI is InChI=1S/C15H16ClN3O2S/c1-21-11-5-3-10(4-6-11)7-8-17-14(20)13-12(16)9-18-15(19-13)22-2/h3-6,9H,7-8H2,1-2H3,(H,17,20). The van der Waals surface area contributed by atoms with Crippen LogP contribution in [-0.4, -0.2) is 35.8 Å². The van der Waals surface area contributed by atoms with Gasteiger partial charge in [0.25, 0.3) is 5.91 Å². The third-order valence-corrected chi connectivity index (χ3v) is 3.82. The van der Waals surface area contributed by atoms with Gasteiger partial charge in [-0.2, -0.15) is 0 Å². The van der Waals surface area contributed by atoms with Crippen LogP contribution in [-0.2, 0) is 6.42 Å². The van der Waals surface area contributed by atoms with E-state index in [1.54, 1.807) is 7.11 Å². The fourth-order valence-electron chi connectivity index (χ4n) is 1.80. The Balaban J connectivity index is 1.92. The molecule has 22 heavy (non-hydrogen) atoms. The van der Waals surface area contributed by atoms with Crippen molar-refractivity contribution in [2.75, 3.05) is 19.9 Å². The molecule has 0 radical (unpaired) electrons. The van der Waals surface area contributed by atoms with Gasteiger partial charge in [-0.3, -0.25) is 4.79 Å². The van der Waals surface area contributed by atoms with Crippen LogP contribution < -0.4 is 10.1 Å². The van der Waals surface area contributed by atoms with Gasteiger partial charge in [-0.15, -0.1) is 0 Å². The van der Waals surface area contributed by atoms with Gasteiger partial charge in [0.1, 0.15) is 5.75 Å². The monoisotopic (exact) mass is 337 g/mol. The Bertz CT molecular complexity index is 650. The first-order valence-corrected chi connectivity index (χ1v) is 8.22. The van der Waals surface area contributed by atoms with Gasteiger partial charge in [-0.25, -0.2) is 9.97 Å². The van der Waals surface area contributed by atoms with Gasteiger partial charge in [0.05, 0.1) is 18.3 Å². The molecule has 0 aliphatic rings. The highest BCUT2D eigenvalue weighted by Crippen LogP contribution is 2.16. The molecule has 7 heteroatoms. The molecule has 0 aliphatic carbocycles. The first-order valence-electron chi connectivity index (χ1n) is 6.61. The molecular weight excluding hydrogens is 322 g/mol. The predicted molar refractivity (Wildman–Crippen MR) is 87.9 cm³/mol. The van der Waals surface area contributed by atoms with Crippen molar-refractivity contribution in [1.29, 1.82) is 0 Å². The van der Waals surface area contributed by atoms with Crippen LogP contribution >= 0.6 is 23.4 Å². The number of benzene rings is 1. The summed E-state index contributed by atoms with van der Waals surface area (Å²) in [5, 5.41) is 3.58. The molecule has 1 aromatic carbocycles. The molecule has 0 saturated heterocycles. The maximum Gasteiger partial charge on any atom is 0.271 e. The summed E-state index contributed by atoms with van der Waals surface area (Å²) < 4.78 is 5.10. The summed E-state index contributed by atoms with van der Waals surface area (Å²) in [5.41, 5.74) is 1.32. The van der Waals surface area contributed by atoms with Crippen LogP contribution in [0.15, 0.2) is 35.6 Å². The average Bonchev–Trinajstić information content (AvgIpc) is 2.55. The zero-order valence-electron chi connectivity index (χ0n) is 12.3. The molecule has 0 fully saturated rings. The highest BCUT2D eigenvalue weighted by molar-refractivity contribution is 7.98. The summed E-state index contributed by atoms with van der Waals surface area (Å²) in [4.78, 5) is 20.3. The highest BCUT2D eigenvalue weighted by Gasteiger charge is 2.13. The summed E-state index contributed by atoms with van der Waals surface area (Å²) in [5.74, 6) is 0.515. The molecule has 2 aromatic rings. The van der Waals surface area contributed by atoms with E-state index in [0.29, 0.717) is 18.1 Å². The number of amides is 1. The van der Waals surface area contributed by atoms with Gasteiger partial charge >= 0.3 is 0 Å². The minimum atomic E-state index is -0.295. The second-order valence-electron chi connectivity index (χ2n) is 4.41. The molecule has 0 spiro atoms. The number of thioether (sulfide) groups is 1. The molecule has 1 heterocycles. The molecule has 1 amide bonds. The Morgan fingerprint density at radius 3 is 2.73 bits per heavy atom. The molecule has 116 valence electrons. The van der Waals surface area contributed by atoms with Gasteiger partial charge in [-0.05, 0) is 30.4 Å². The van der Waals surface area contributed by atoms with E-state index in [-0.39, 0.29) is 16.6 Å². The second kappa shape index (κ2) is 8.00. The zero-order chi connectivity index (χ0) is 15.9. The van der Waals surface area contributed by atoms with Crippen molar-refractivity contribution >= 4 is 29.3 Å². The summed E-state index contributed by atoms with van der Waals surface area (Å²) in [6.45, 7) is 0.500. The minimum absolute atomic E-state index is 0.204. The molecule has 5 nitrogen and oxygen atoms in total. The van der Waals surface area contributed by atoms with Crippen LogP contribution in [0.3, 0.4) is 0 Å². The van der Waals surface area contributed by atoms with Gasteiger partial charge in [0, 0.05) is 6.54 Å². The van der Waals surface area contributed by atoms with Crippen molar-refractivity contribution in [3.63, 3.8) is 0 Å². The van der Waals surface area contributed by atoms with Crippen LogP contribution in [0.1, 0.15) is 16.1 Å². The van der Waals surface area contributed by atoms with Gasteiger partial charge in [0.2, 0.25) is 0 Å². The smallest absolute Gasteiger partial charge is 0.271 e. The van der Waals surface area contributed by atoms with Gasteiger partial charge < -0.3 is 10.1 Å². The van der Waals surface area contributed by atoms with E-state index in [1.165, 1.54) is 18.0 Å². The Morgan fingerprint density at radius 2 is 2.09 bits per heavy atom. The summed E-state index contributed by atoms with van der Waals surface area (Å²) in [6.07, 6.45) is 4.00. The number of carbonyl (C=O) groups is 1. The topological polar surface area (TPSA) is 64.1 Å². The SMILES string of the molecule is COc1ccc(CCNC(=O)c2nc(SC)ncc2Cl)cc1. The van der Waals surface area contributed by atoms with Gasteiger partial charge in [-0.1, -0.05) is 35.5 Å². The number of rotatable bonds is 6. The molecule has 1 aromatic heterocycles. The molecule has 0 unspecified atom stereocenters. The molecule has 0 atom stereocenters. The Morgan fingerprint density at radius 1 is 1.36 bits per heavy atom. The van der Waals surface area contributed by atoms with Crippen molar-refractivity contribution in [2.45, 2.75) is 11.6 Å². The van der Waals surface area contributed by atoms with E-state index in [4.69, 9.17) is 16.3 Å². The molecule has 2 rings (SSSR count). The summed E-state index contributed by atoms with van der Waals surface area (Å²) in [7, 11) is 1.63. The van der Waals surface area contributed by atoms with E-state index >= 15 is 0 Å². The average molecular weight is 338 g/mol. The Kier molecular flexibility index (Phi) is 6.03. The molecular formula is C15H16ClN3O2S. The van der Waals surface area contributed by atoms with Crippen LogP contribution in [0.25, 0.3) is 0 Å². The van der Waals surface area contributed by atoms with E-state index in [0.717, 1.165) is 11.3 Å². The van der Waals surface area contributed by atoms with Crippen LogP contribution in [0.4, 0.5) is 0 Å². The minimum Gasteiger partial charge on any atom is -0.497 e. The largest absolute Gasteiger partial charge is 0.497 e. The second-order valence-corrected chi connectivity index (χ2v) is 5.59. The number of nitrogens with one attached hydrogen (secondary N) is 1. The summed E-state index contributed by atoms with van der Waals surface area (Å²) in [6, 6.07) is 7.72. The van der Waals surface area contributed by atoms with E-state index in [2.05, 4.69) is 15.3 Å². The lowest BCUT2D eigenvalue weighted by molar-refractivity contribution is 0.0948. The molecule has 1 N–H and O–H groups in total. The molecule has 0 saturated carbocycles. The fourth-order valence-corrected chi connectivity index (χ4v) is 2.32. The van der Waals surface area contributed by atoms with Crippen LogP contribution in [0.5, 0.6) is 5.75 Å². The van der Waals surface area contributed by atoms with Gasteiger partial charge in [0.15, 0.2) is 10.9 Å². The van der Waals surface area contributed by atoms with E-state index < -0.39 is 0 Å². The lowest BCUT2D eigenvalue weighted by Gasteiger charge is -2.07. The van der Waals surface area contributed by atoms with Crippen molar-refractivity contribution in [2.24, 2.45) is 0 Å². The maximum atomic E-state index is 12.1. The Labute approximate surface area is 138 Å². The summed E-state index contributed by atoms with van der Waals surface area (Å²) >= 11 is 7.33. The zero-order valence-corrected chi connectivity index (χ0v) is 13.9. The molecule has 0 bridgehead atoms. The quantitative estimate of drug-likeness (QED) is 0.648. The number of nitrogens with zero attached hydrogens (tertiary/aromatic N) is 2. The number of halogens is 1. The number of ether oxygens (including phenoxy) is 1. The normalized spacial score (nSPS) is 10.3. The first kappa shape index (κ1) is 16.6. The van der Waals surface area contributed by atoms with Crippen molar-refractivity contribution in [3.05, 3.63) is 46.7 Å². The lowest BCUT2D eigenvalue weighted by Crippen LogP contribution is -2.27. The number of aromatic nitrogens is 2. The number of methoxy groups -OCH3 is 1. The van der Waals surface area contributed by atoms with E-state index in [1.807, 2.05) is 30.5 Å². The van der Waals surface area contributed by atoms with E-state index in [9.17, 15) is 4.79 Å². The van der Waals surface area contributed by atoms with Crippen LogP contribution in [0, 0.1) is 0 Å². The first-order chi connectivity index (χ1) is 10.6. The highest BCUT2D eigenvalue weighted by atomic mass is 35.5. The van der Waals surface area contributed by atoms with Crippen molar-refractivity contribution < 1.29 is 9.53 Å².